The number of aliphatic imine (C=N–C) groups is 1. The molecule has 2 heterocycles. The zero-order valence-corrected chi connectivity index (χ0v) is 16.4. The van der Waals surface area contributed by atoms with Crippen LogP contribution in [0.1, 0.15) is 25.5 Å². The van der Waals surface area contributed by atoms with Gasteiger partial charge in [0.1, 0.15) is 6.04 Å². The minimum atomic E-state index is -1.02. The van der Waals surface area contributed by atoms with Crippen LogP contribution < -0.4 is 5.32 Å². The Morgan fingerprint density at radius 1 is 1.30 bits per heavy atom. The number of amides is 1. The molecule has 0 unspecified atom stereocenters. The Kier molecular flexibility index (Phi) is 6.34. The molecule has 0 aromatic heterocycles. The average molecular weight is 393 g/mol. The largest absolute Gasteiger partial charge is 0.465 e. The summed E-state index contributed by atoms with van der Waals surface area (Å²) in [7, 11) is 0. The molecule has 0 bridgehead atoms. The average Bonchev–Trinajstić information content (AvgIpc) is 2.67. The summed E-state index contributed by atoms with van der Waals surface area (Å²) in [6, 6.07) is 6.46. The van der Waals surface area contributed by atoms with Crippen molar-refractivity contribution in [1.82, 2.24) is 15.1 Å². The Balaban J connectivity index is 1.91. The number of nitrogens with one attached hydrogen (secondary N) is 1. The maximum atomic E-state index is 12.8. The topological polar surface area (TPSA) is 74.2 Å². The molecule has 0 spiro atoms. The summed E-state index contributed by atoms with van der Waals surface area (Å²) in [4.78, 5) is 34.4. The molecule has 1 aromatic carbocycles. The van der Waals surface area contributed by atoms with Gasteiger partial charge in [-0.2, -0.15) is 0 Å². The van der Waals surface area contributed by atoms with Crippen LogP contribution in [-0.4, -0.2) is 67.0 Å². The molecule has 1 amide bonds. The molecule has 3 rings (SSSR count). The van der Waals surface area contributed by atoms with Gasteiger partial charge in [-0.1, -0.05) is 30.7 Å². The zero-order chi connectivity index (χ0) is 19.4. The van der Waals surface area contributed by atoms with Gasteiger partial charge in [-0.25, -0.2) is 4.99 Å². The first-order valence-electron chi connectivity index (χ1n) is 9.31. The second kappa shape index (κ2) is 8.71. The monoisotopic (exact) mass is 392 g/mol. The number of rotatable bonds is 4. The third-order valence-electron chi connectivity index (χ3n) is 4.94. The minimum Gasteiger partial charge on any atom is -0.465 e. The van der Waals surface area contributed by atoms with E-state index in [1.165, 1.54) is 0 Å². The molecule has 146 valence electrons. The zero-order valence-electron chi connectivity index (χ0n) is 15.7. The fraction of sp³-hybridized carbons (Fsp3) is 0.526. The lowest BCUT2D eigenvalue weighted by Gasteiger charge is -2.38. The van der Waals surface area contributed by atoms with E-state index < -0.39 is 17.9 Å². The number of hydrogen-bond acceptors (Lipinski definition) is 6. The van der Waals surface area contributed by atoms with E-state index in [4.69, 9.17) is 21.3 Å². The van der Waals surface area contributed by atoms with Gasteiger partial charge in [0.25, 0.3) is 0 Å². The standard InChI is InChI=1S/C19H25ClN4O3/c1-3-23-8-10-24(11-9-23)19-21-16(13-6-5-7-14(20)12-13)15(17(25)22-19)18(26)27-4-2/h5-7,12,15-16H,3-4,8-11H2,1-2H3,(H,21,22,25)/t15-,16-/m1/s1. The number of ether oxygens (including phenoxy) is 1. The first-order chi connectivity index (χ1) is 13.0. The molecule has 0 radical (unpaired) electrons. The van der Waals surface area contributed by atoms with Crippen molar-refractivity contribution < 1.29 is 14.3 Å². The molecule has 1 N–H and O–H groups in total. The summed E-state index contributed by atoms with van der Waals surface area (Å²) in [6.07, 6.45) is 0. The van der Waals surface area contributed by atoms with Crippen molar-refractivity contribution in [2.45, 2.75) is 19.9 Å². The van der Waals surface area contributed by atoms with Crippen molar-refractivity contribution in [3.05, 3.63) is 34.9 Å². The predicted octanol–water partition coefficient (Wildman–Crippen LogP) is 1.68. The van der Waals surface area contributed by atoms with Gasteiger partial charge in [0.05, 0.1) is 6.61 Å². The van der Waals surface area contributed by atoms with E-state index >= 15 is 0 Å². The second-order valence-electron chi connectivity index (χ2n) is 6.59. The molecule has 2 aliphatic heterocycles. The molecular weight excluding hydrogens is 368 g/mol. The number of esters is 1. The van der Waals surface area contributed by atoms with E-state index in [0.717, 1.165) is 38.3 Å². The summed E-state index contributed by atoms with van der Waals surface area (Å²) in [5.74, 6) is -1.47. The molecule has 7 nitrogen and oxygen atoms in total. The molecule has 1 aromatic rings. The van der Waals surface area contributed by atoms with Gasteiger partial charge in [0.15, 0.2) is 5.92 Å². The maximum Gasteiger partial charge on any atom is 0.321 e. The number of guanidine groups is 1. The van der Waals surface area contributed by atoms with Crippen LogP contribution in [0.15, 0.2) is 29.3 Å². The van der Waals surface area contributed by atoms with Gasteiger partial charge < -0.3 is 14.5 Å². The van der Waals surface area contributed by atoms with E-state index in [2.05, 4.69) is 22.0 Å². The Labute approximate surface area is 164 Å². The summed E-state index contributed by atoms with van der Waals surface area (Å²) >= 11 is 6.12. The minimum absolute atomic E-state index is 0.209. The SMILES string of the molecule is CCOC(=O)[C@H]1C(=O)NC(N2CCN(CC)CC2)=N[C@@H]1c1cccc(Cl)c1. The third kappa shape index (κ3) is 4.42. The molecule has 2 aliphatic rings. The number of benzene rings is 1. The Hall–Kier alpha value is -2.12. The number of carbonyl (C=O) groups excluding carboxylic acids is 2. The van der Waals surface area contributed by atoms with E-state index in [1.807, 2.05) is 6.07 Å². The van der Waals surface area contributed by atoms with Crippen molar-refractivity contribution in [1.29, 1.82) is 0 Å². The number of carbonyl (C=O) groups is 2. The lowest BCUT2D eigenvalue weighted by atomic mass is 9.91. The van der Waals surface area contributed by atoms with E-state index in [9.17, 15) is 9.59 Å². The van der Waals surface area contributed by atoms with Crippen LogP contribution in [0.4, 0.5) is 0 Å². The van der Waals surface area contributed by atoms with Gasteiger partial charge in [-0.15, -0.1) is 0 Å². The van der Waals surface area contributed by atoms with Crippen molar-refractivity contribution in [2.24, 2.45) is 10.9 Å². The fourth-order valence-electron chi connectivity index (χ4n) is 3.43. The number of likely N-dealkylation sites (N-methyl/N-ethyl adjacent to an activating group) is 1. The maximum absolute atomic E-state index is 12.8. The Morgan fingerprint density at radius 3 is 2.67 bits per heavy atom. The van der Waals surface area contributed by atoms with Crippen LogP contribution in [0.2, 0.25) is 5.02 Å². The summed E-state index contributed by atoms with van der Waals surface area (Å²) < 4.78 is 5.12. The first-order valence-corrected chi connectivity index (χ1v) is 9.69. The number of hydrogen-bond donors (Lipinski definition) is 1. The molecule has 0 saturated carbocycles. The molecule has 8 heteroatoms. The number of nitrogens with zero attached hydrogens (tertiary/aromatic N) is 3. The van der Waals surface area contributed by atoms with Crippen molar-refractivity contribution in [2.75, 3.05) is 39.3 Å². The smallest absolute Gasteiger partial charge is 0.321 e. The van der Waals surface area contributed by atoms with Crippen LogP contribution >= 0.6 is 11.6 Å². The highest BCUT2D eigenvalue weighted by atomic mass is 35.5. The third-order valence-corrected chi connectivity index (χ3v) is 5.18. The van der Waals surface area contributed by atoms with Crippen LogP contribution in [0.25, 0.3) is 0 Å². The number of piperazine rings is 1. The van der Waals surface area contributed by atoms with Crippen LogP contribution in [0, 0.1) is 5.92 Å². The Bertz CT molecular complexity index is 731. The normalized spacial score (nSPS) is 23.6. The molecule has 1 saturated heterocycles. The van der Waals surface area contributed by atoms with Gasteiger partial charge >= 0.3 is 5.97 Å². The second-order valence-corrected chi connectivity index (χ2v) is 7.03. The summed E-state index contributed by atoms with van der Waals surface area (Å²) in [6.45, 7) is 8.44. The highest BCUT2D eigenvalue weighted by molar-refractivity contribution is 6.30. The number of halogens is 1. The van der Waals surface area contributed by atoms with Gasteiger partial charge in [0.2, 0.25) is 11.9 Å². The summed E-state index contributed by atoms with van der Waals surface area (Å²) in [5.41, 5.74) is 0.722. The van der Waals surface area contributed by atoms with Gasteiger partial charge in [-0.05, 0) is 31.2 Å². The predicted molar refractivity (Wildman–Crippen MR) is 104 cm³/mol. The van der Waals surface area contributed by atoms with Crippen molar-refractivity contribution >= 4 is 29.4 Å². The molecule has 1 fully saturated rings. The highest BCUT2D eigenvalue weighted by Crippen LogP contribution is 2.32. The molecule has 2 atom stereocenters. The fourth-order valence-corrected chi connectivity index (χ4v) is 3.63. The van der Waals surface area contributed by atoms with Gasteiger partial charge in [-0.3, -0.25) is 14.9 Å². The van der Waals surface area contributed by atoms with Crippen LogP contribution in [0.3, 0.4) is 0 Å². The highest BCUT2D eigenvalue weighted by Gasteiger charge is 2.42. The first kappa shape index (κ1) is 19.6. The molecule has 27 heavy (non-hydrogen) atoms. The molecule has 0 aliphatic carbocycles. The Morgan fingerprint density at radius 2 is 2.04 bits per heavy atom. The van der Waals surface area contributed by atoms with Gasteiger partial charge in [0, 0.05) is 31.2 Å². The molecular formula is C19H25ClN4O3. The van der Waals surface area contributed by atoms with E-state index in [-0.39, 0.29) is 12.5 Å². The summed E-state index contributed by atoms with van der Waals surface area (Å²) in [5, 5.41) is 3.34. The van der Waals surface area contributed by atoms with Crippen molar-refractivity contribution in [3.8, 4) is 0 Å². The van der Waals surface area contributed by atoms with Crippen LogP contribution in [0.5, 0.6) is 0 Å². The lowest BCUT2D eigenvalue weighted by molar-refractivity contribution is -0.153. The quantitative estimate of drug-likeness (QED) is 0.623. The lowest BCUT2D eigenvalue weighted by Crippen LogP contribution is -2.57. The van der Waals surface area contributed by atoms with Crippen molar-refractivity contribution in [3.63, 3.8) is 0 Å². The van der Waals surface area contributed by atoms with E-state index in [0.29, 0.717) is 11.0 Å². The van der Waals surface area contributed by atoms with E-state index in [1.54, 1.807) is 25.1 Å². The van der Waals surface area contributed by atoms with Crippen LogP contribution in [-0.2, 0) is 14.3 Å².